The fraction of sp³-hybridized carbons (Fsp3) is 0.522. The van der Waals surface area contributed by atoms with Crippen molar-refractivity contribution in [3.05, 3.63) is 42.0 Å². The zero-order chi connectivity index (χ0) is 20.4. The standard InChI is InChI=1S/C23H29FN4O/c1-27(2)23-25-15-19(16-10-12-18(24)13-11-16)21(26-23)20-9-5-6-14-28(20)22(29)17-7-3-4-8-17/h10-13,15,17,20H,3-9,14H2,1-2H3/t20-/m0/s1. The molecular formula is C23H29FN4O. The van der Waals surface area contributed by atoms with E-state index in [-0.39, 0.29) is 23.7 Å². The van der Waals surface area contributed by atoms with Gasteiger partial charge in [-0.05, 0) is 49.8 Å². The van der Waals surface area contributed by atoms with Crippen LogP contribution >= 0.6 is 0 Å². The number of benzene rings is 1. The van der Waals surface area contributed by atoms with Crippen LogP contribution < -0.4 is 4.90 Å². The van der Waals surface area contributed by atoms with E-state index < -0.39 is 0 Å². The summed E-state index contributed by atoms with van der Waals surface area (Å²) in [5.41, 5.74) is 2.64. The van der Waals surface area contributed by atoms with Crippen LogP contribution in [0.1, 0.15) is 56.7 Å². The number of likely N-dealkylation sites (tertiary alicyclic amines) is 1. The molecule has 1 saturated carbocycles. The maximum absolute atomic E-state index is 13.5. The van der Waals surface area contributed by atoms with E-state index in [0.717, 1.165) is 68.3 Å². The molecule has 2 fully saturated rings. The van der Waals surface area contributed by atoms with Crippen LogP contribution in [0.4, 0.5) is 10.3 Å². The number of piperidine rings is 1. The molecule has 4 rings (SSSR count). The van der Waals surface area contributed by atoms with E-state index in [2.05, 4.69) is 9.88 Å². The molecule has 1 aromatic heterocycles. The number of hydrogen-bond donors (Lipinski definition) is 0. The maximum atomic E-state index is 13.5. The molecule has 0 N–H and O–H groups in total. The van der Waals surface area contributed by atoms with Gasteiger partial charge in [0.05, 0.1) is 11.7 Å². The van der Waals surface area contributed by atoms with Crippen molar-refractivity contribution in [3.8, 4) is 11.1 Å². The highest BCUT2D eigenvalue weighted by atomic mass is 19.1. The smallest absolute Gasteiger partial charge is 0.226 e. The summed E-state index contributed by atoms with van der Waals surface area (Å²) in [5, 5.41) is 0. The van der Waals surface area contributed by atoms with Gasteiger partial charge in [-0.3, -0.25) is 4.79 Å². The Morgan fingerprint density at radius 1 is 1.07 bits per heavy atom. The van der Waals surface area contributed by atoms with Crippen molar-refractivity contribution in [2.75, 3.05) is 25.5 Å². The van der Waals surface area contributed by atoms with Gasteiger partial charge in [0.1, 0.15) is 5.82 Å². The van der Waals surface area contributed by atoms with Crippen molar-refractivity contribution in [2.24, 2.45) is 5.92 Å². The van der Waals surface area contributed by atoms with Gasteiger partial charge in [0, 0.05) is 38.3 Å². The molecule has 2 aliphatic rings. The number of carbonyl (C=O) groups excluding carboxylic acids is 1. The van der Waals surface area contributed by atoms with Gasteiger partial charge in [-0.25, -0.2) is 14.4 Å². The van der Waals surface area contributed by atoms with E-state index >= 15 is 0 Å². The SMILES string of the molecule is CN(C)c1ncc(-c2ccc(F)cc2)c([C@@H]2CCCCN2C(=O)C2CCCC2)n1. The van der Waals surface area contributed by atoms with Crippen molar-refractivity contribution in [1.82, 2.24) is 14.9 Å². The average Bonchev–Trinajstić information content (AvgIpc) is 3.28. The lowest BCUT2D eigenvalue weighted by molar-refractivity contribution is -0.139. The Labute approximate surface area is 172 Å². The third-order valence-corrected chi connectivity index (χ3v) is 6.17. The minimum absolute atomic E-state index is 0.0568. The molecule has 29 heavy (non-hydrogen) atoms. The fourth-order valence-electron chi connectivity index (χ4n) is 4.59. The number of nitrogens with zero attached hydrogens (tertiary/aromatic N) is 4. The molecule has 154 valence electrons. The summed E-state index contributed by atoms with van der Waals surface area (Å²) < 4.78 is 13.5. The molecule has 1 amide bonds. The number of aromatic nitrogens is 2. The average molecular weight is 397 g/mol. The molecule has 1 aliphatic heterocycles. The van der Waals surface area contributed by atoms with E-state index in [1.165, 1.54) is 12.1 Å². The zero-order valence-electron chi connectivity index (χ0n) is 17.3. The molecule has 1 atom stereocenters. The first-order valence-electron chi connectivity index (χ1n) is 10.7. The van der Waals surface area contributed by atoms with Crippen molar-refractivity contribution in [3.63, 3.8) is 0 Å². The first kappa shape index (κ1) is 19.8. The van der Waals surface area contributed by atoms with E-state index in [9.17, 15) is 9.18 Å². The number of carbonyl (C=O) groups is 1. The van der Waals surface area contributed by atoms with Crippen molar-refractivity contribution in [2.45, 2.75) is 51.0 Å². The van der Waals surface area contributed by atoms with E-state index in [0.29, 0.717) is 5.95 Å². The topological polar surface area (TPSA) is 49.3 Å². The molecular weight excluding hydrogens is 367 g/mol. The lowest BCUT2D eigenvalue weighted by Gasteiger charge is -2.38. The number of amides is 1. The lowest BCUT2D eigenvalue weighted by Crippen LogP contribution is -2.42. The second kappa shape index (κ2) is 8.47. The van der Waals surface area contributed by atoms with Gasteiger partial charge in [-0.15, -0.1) is 0 Å². The molecule has 1 saturated heterocycles. The second-order valence-corrected chi connectivity index (χ2v) is 8.39. The zero-order valence-corrected chi connectivity index (χ0v) is 17.3. The molecule has 0 spiro atoms. The summed E-state index contributed by atoms with van der Waals surface area (Å²) in [4.78, 5) is 26.6. The molecule has 2 aromatic rings. The van der Waals surface area contributed by atoms with Crippen molar-refractivity contribution < 1.29 is 9.18 Å². The van der Waals surface area contributed by atoms with Gasteiger partial charge in [0.25, 0.3) is 0 Å². The summed E-state index contributed by atoms with van der Waals surface area (Å²) in [6, 6.07) is 6.39. The van der Waals surface area contributed by atoms with Crippen LogP contribution in [0.25, 0.3) is 11.1 Å². The van der Waals surface area contributed by atoms with Gasteiger partial charge in [-0.1, -0.05) is 25.0 Å². The van der Waals surface area contributed by atoms with E-state index in [4.69, 9.17) is 4.98 Å². The highest BCUT2D eigenvalue weighted by Crippen LogP contribution is 2.38. The number of halogens is 1. The lowest BCUT2D eigenvalue weighted by atomic mass is 9.92. The van der Waals surface area contributed by atoms with Crippen molar-refractivity contribution in [1.29, 1.82) is 0 Å². The van der Waals surface area contributed by atoms with Crippen LogP contribution in [0.3, 0.4) is 0 Å². The Bertz CT molecular complexity index is 862. The van der Waals surface area contributed by atoms with Gasteiger partial charge in [0.15, 0.2) is 0 Å². The molecule has 0 bridgehead atoms. The van der Waals surface area contributed by atoms with E-state index in [1.807, 2.05) is 25.2 Å². The normalized spacial score (nSPS) is 20.1. The molecule has 0 radical (unpaired) electrons. The van der Waals surface area contributed by atoms with Gasteiger partial charge >= 0.3 is 0 Å². The van der Waals surface area contributed by atoms with Crippen LogP contribution in [0, 0.1) is 11.7 Å². The minimum Gasteiger partial charge on any atom is -0.347 e. The molecule has 1 aromatic carbocycles. The third-order valence-electron chi connectivity index (χ3n) is 6.17. The Kier molecular flexibility index (Phi) is 5.79. The van der Waals surface area contributed by atoms with Crippen LogP contribution in [0.2, 0.25) is 0 Å². The monoisotopic (exact) mass is 396 g/mol. The van der Waals surface area contributed by atoms with Gasteiger partial charge < -0.3 is 9.80 Å². The van der Waals surface area contributed by atoms with Crippen LogP contribution in [-0.2, 0) is 4.79 Å². The molecule has 1 aliphatic carbocycles. The van der Waals surface area contributed by atoms with Gasteiger partial charge in [0.2, 0.25) is 11.9 Å². The summed E-state index contributed by atoms with van der Waals surface area (Å²) in [6.07, 6.45) is 9.12. The Morgan fingerprint density at radius 3 is 2.45 bits per heavy atom. The fourth-order valence-corrected chi connectivity index (χ4v) is 4.59. The summed E-state index contributed by atoms with van der Waals surface area (Å²) in [7, 11) is 3.83. The predicted molar refractivity (Wildman–Crippen MR) is 112 cm³/mol. The molecule has 0 unspecified atom stereocenters. The maximum Gasteiger partial charge on any atom is 0.226 e. The Hall–Kier alpha value is -2.50. The van der Waals surface area contributed by atoms with Gasteiger partial charge in [-0.2, -0.15) is 0 Å². The molecule has 6 heteroatoms. The molecule has 2 heterocycles. The van der Waals surface area contributed by atoms with E-state index in [1.54, 1.807) is 12.1 Å². The number of rotatable bonds is 4. The number of hydrogen-bond acceptors (Lipinski definition) is 4. The largest absolute Gasteiger partial charge is 0.347 e. The van der Waals surface area contributed by atoms with Crippen LogP contribution in [-0.4, -0.2) is 41.4 Å². The Morgan fingerprint density at radius 2 is 1.76 bits per heavy atom. The highest BCUT2D eigenvalue weighted by molar-refractivity contribution is 5.80. The third kappa shape index (κ3) is 4.11. The minimum atomic E-state index is -0.267. The summed E-state index contributed by atoms with van der Waals surface area (Å²) in [5.74, 6) is 0.795. The summed E-state index contributed by atoms with van der Waals surface area (Å²) >= 11 is 0. The first-order chi connectivity index (χ1) is 14.0. The number of anilines is 1. The summed E-state index contributed by atoms with van der Waals surface area (Å²) in [6.45, 7) is 0.782. The predicted octanol–water partition coefficient (Wildman–Crippen LogP) is 4.59. The first-order valence-corrected chi connectivity index (χ1v) is 10.7. The molecule has 5 nitrogen and oxygen atoms in total. The van der Waals surface area contributed by atoms with Crippen LogP contribution in [0.5, 0.6) is 0 Å². The quantitative estimate of drug-likeness (QED) is 0.758. The second-order valence-electron chi connectivity index (χ2n) is 8.39. The highest BCUT2D eigenvalue weighted by Gasteiger charge is 2.35. The van der Waals surface area contributed by atoms with Crippen LogP contribution in [0.15, 0.2) is 30.5 Å². The Balaban J connectivity index is 1.76. The van der Waals surface area contributed by atoms with Crippen molar-refractivity contribution >= 4 is 11.9 Å².